The molecule has 1 atom stereocenters. The number of ether oxygens (including phenoxy) is 2. The number of halogens is 2. The molecule has 1 aromatic carbocycles. The molecule has 0 radical (unpaired) electrons. The number of benzene rings is 1. The van der Waals surface area contributed by atoms with Gasteiger partial charge < -0.3 is 9.47 Å². The smallest absolute Gasteiger partial charge is 0.341 e. The Hall–Kier alpha value is -1.22. The molecule has 1 saturated heterocycles. The van der Waals surface area contributed by atoms with Crippen LogP contribution < -0.4 is 5.14 Å². The van der Waals surface area contributed by atoms with Crippen molar-refractivity contribution in [3.63, 3.8) is 0 Å². The number of primary sulfonamides is 1. The van der Waals surface area contributed by atoms with Crippen LogP contribution in [0.3, 0.4) is 0 Å². The van der Waals surface area contributed by atoms with E-state index in [0.717, 1.165) is 12.1 Å². The van der Waals surface area contributed by atoms with Crippen LogP contribution in [0.4, 0.5) is 4.39 Å². The van der Waals surface area contributed by atoms with Crippen LogP contribution >= 0.6 is 11.6 Å². The standard InChI is InChI=1S/C11H11ClFNO5S/c12-6-3-8(10(13)9(4-6)20(14,16)17)11(15)19-7-1-2-18-5-7/h3-4,7H,1-2,5H2,(H2,14,16,17). The van der Waals surface area contributed by atoms with Gasteiger partial charge in [-0.15, -0.1) is 0 Å². The van der Waals surface area contributed by atoms with Gasteiger partial charge in [-0.1, -0.05) is 11.6 Å². The molecule has 6 nitrogen and oxygen atoms in total. The Labute approximate surface area is 119 Å². The summed E-state index contributed by atoms with van der Waals surface area (Å²) in [6.45, 7) is 0.661. The summed E-state index contributed by atoms with van der Waals surface area (Å²) in [5.41, 5.74) is -0.576. The zero-order chi connectivity index (χ0) is 14.9. The fraction of sp³-hybridized carbons (Fsp3) is 0.364. The van der Waals surface area contributed by atoms with Gasteiger partial charge in [0.15, 0.2) is 5.82 Å². The first kappa shape index (κ1) is 15.2. The van der Waals surface area contributed by atoms with Gasteiger partial charge in [-0.05, 0) is 12.1 Å². The minimum atomic E-state index is -4.33. The first-order chi connectivity index (χ1) is 9.29. The molecule has 2 N–H and O–H groups in total. The fourth-order valence-corrected chi connectivity index (χ4v) is 2.67. The zero-order valence-corrected chi connectivity index (χ0v) is 11.7. The molecule has 1 heterocycles. The lowest BCUT2D eigenvalue weighted by Crippen LogP contribution is -2.21. The molecule has 0 bridgehead atoms. The van der Waals surface area contributed by atoms with Crippen molar-refractivity contribution >= 4 is 27.6 Å². The van der Waals surface area contributed by atoms with E-state index in [4.69, 9.17) is 26.2 Å². The normalized spacial score (nSPS) is 19.1. The molecule has 0 aliphatic carbocycles. The molecule has 0 aromatic heterocycles. The van der Waals surface area contributed by atoms with E-state index in [2.05, 4.69) is 0 Å². The molecule has 0 spiro atoms. The van der Waals surface area contributed by atoms with E-state index in [1.165, 1.54) is 0 Å². The average Bonchev–Trinajstić information content (AvgIpc) is 2.83. The van der Waals surface area contributed by atoms with E-state index in [9.17, 15) is 17.6 Å². The summed E-state index contributed by atoms with van der Waals surface area (Å²) >= 11 is 5.67. The molecule has 20 heavy (non-hydrogen) atoms. The molecule has 1 aromatic rings. The van der Waals surface area contributed by atoms with Gasteiger partial charge in [0.1, 0.15) is 11.0 Å². The third-order valence-corrected chi connectivity index (χ3v) is 3.82. The minimum Gasteiger partial charge on any atom is -0.456 e. The predicted molar refractivity (Wildman–Crippen MR) is 67.4 cm³/mol. The maximum Gasteiger partial charge on any atom is 0.341 e. The first-order valence-electron chi connectivity index (χ1n) is 5.59. The summed E-state index contributed by atoms with van der Waals surface area (Å²) in [4.78, 5) is 11.0. The van der Waals surface area contributed by atoms with Gasteiger partial charge in [-0.3, -0.25) is 0 Å². The van der Waals surface area contributed by atoms with Crippen molar-refractivity contribution in [2.45, 2.75) is 17.4 Å². The second-order valence-corrected chi connectivity index (χ2v) is 6.17. The topological polar surface area (TPSA) is 95.7 Å². The third kappa shape index (κ3) is 3.26. The van der Waals surface area contributed by atoms with E-state index in [1.54, 1.807) is 0 Å². The van der Waals surface area contributed by atoms with Gasteiger partial charge in [-0.25, -0.2) is 22.7 Å². The maximum absolute atomic E-state index is 14.0. The number of esters is 1. The lowest BCUT2D eigenvalue weighted by molar-refractivity contribution is 0.0265. The molecule has 110 valence electrons. The van der Waals surface area contributed by atoms with Crippen LogP contribution in [0.25, 0.3) is 0 Å². The highest BCUT2D eigenvalue weighted by molar-refractivity contribution is 7.89. The molecule has 9 heteroatoms. The second kappa shape index (κ2) is 5.65. The van der Waals surface area contributed by atoms with E-state index in [0.29, 0.717) is 13.0 Å². The van der Waals surface area contributed by atoms with Crippen molar-refractivity contribution < 1.29 is 27.1 Å². The van der Waals surface area contributed by atoms with E-state index in [1.807, 2.05) is 0 Å². The van der Waals surface area contributed by atoms with Crippen LogP contribution in [0, 0.1) is 5.82 Å². The van der Waals surface area contributed by atoms with Gasteiger partial charge >= 0.3 is 5.97 Å². The summed E-state index contributed by atoms with van der Waals surface area (Å²) in [6, 6.07) is 1.82. The molecule has 1 aliphatic rings. The second-order valence-electron chi connectivity index (χ2n) is 4.20. The third-order valence-electron chi connectivity index (χ3n) is 2.69. The van der Waals surface area contributed by atoms with Crippen LogP contribution in [0.5, 0.6) is 0 Å². The summed E-state index contributed by atoms with van der Waals surface area (Å²) in [5.74, 6) is -2.29. The maximum atomic E-state index is 14.0. The number of hydrogen-bond donors (Lipinski definition) is 1. The molecule has 1 aliphatic heterocycles. The molecular formula is C11H11ClFNO5S. The Morgan fingerprint density at radius 1 is 1.50 bits per heavy atom. The Morgan fingerprint density at radius 2 is 2.20 bits per heavy atom. The summed E-state index contributed by atoms with van der Waals surface area (Å²) in [7, 11) is -4.33. The van der Waals surface area contributed by atoms with Crippen molar-refractivity contribution in [3.8, 4) is 0 Å². The van der Waals surface area contributed by atoms with Gasteiger partial charge in [0.25, 0.3) is 0 Å². The number of hydrogen-bond acceptors (Lipinski definition) is 5. The number of sulfonamides is 1. The van der Waals surface area contributed by atoms with Crippen molar-refractivity contribution in [2.75, 3.05) is 13.2 Å². The minimum absolute atomic E-state index is 0.134. The molecule has 2 rings (SSSR count). The van der Waals surface area contributed by atoms with Crippen LogP contribution in [-0.2, 0) is 19.5 Å². The lowest BCUT2D eigenvalue weighted by atomic mass is 10.2. The van der Waals surface area contributed by atoms with Gasteiger partial charge in [0.2, 0.25) is 10.0 Å². The number of carbonyl (C=O) groups is 1. The lowest BCUT2D eigenvalue weighted by Gasteiger charge is -2.12. The summed E-state index contributed by atoms with van der Waals surface area (Å²) < 4.78 is 46.5. The molecule has 0 saturated carbocycles. The van der Waals surface area contributed by atoms with Crippen LogP contribution in [0.1, 0.15) is 16.8 Å². The highest BCUT2D eigenvalue weighted by Gasteiger charge is 2.26. The zero-order valence-electron chi connectivity index (χ0n) is 10.1. The van der Waals surface area contributed by atoms with Crippen molar-refractivity contribution in [3.05, 3.63) is 28.5 Å². The van der Waals surface area contributed by atoms with Crippen molar-refractivity contribution in [2.24, 2.45) is 5.14 Å². The average molecular weight is 324 g/mol. The summed E-state index contributed by atoms with van der Waals surface area (Å²) in [6.07, 6.45) is 0.00879. The Balaban J connectivity index is 2.36. The van der Waals surface area contributed by atoms with Gasteiger partial charge in [0, 0.05) is 11.4 Å². The van der Waals surface area contributed by atoms with E-state index < -0.39 is 38.4 Å². The molecular weight excluding hydrogens is 313 g/mol. The monoisotopic (exact) mass is 323 g/mol. The Kier molecular flexibility index (Phi) is 4.28. The highest BCUT2D eigenvalue weighted by atomic mass is 35.5. The van der Waals surface area contributed by atoms with E-state index >= 15 is 0 Å². The summed E-state index contributed by atoms with van der Waals surface area (Å²) in [5, 5.41) is 4.73. The largest absolute Gasteiger partial charge is 0.456 e. The van der Waals surface area contributed by atoms with E-state index in [-0.39, 0.29) is 11.6 Å². The number of rotatable bonds is 3. The van der Waals surface area contributed by atoms with Crippen molar-refractivity contribution in [1.82, 2.24) is 0 Å². The Morgan fingerprint density at radius 3 is 2.75 bits per heavy atom. The fourth-order valence-electron chi connectivity index (χ4n) is 1.74. The van der Waals surface area contributed by atoms with Crippen LogP contribution in [0.15, 0.2) is 17.0 Å². The SMILES string of the molecule is NS(=O)(=O)c1cc(Cl)cc(C(=O)OC2CCOC2)c1F. The van der Waals surface area contributed by atoms with Crippen LogP contribution in [-0.4, -0.2) is 33.7 Å². The number of nitrogens with two attached hydrogens (primary N) is 1. The quantitative estimate of drug-likeness (QED) is 0.839. The van der Waals surface area contributed by atoms with Gasteiger partial charge in [0.05, 0.1) is 18.8 Å². The first-order valence-corrected chi connectivity index (χ1v) is 7.52. The molecule has 1 fully saturated rings. The van der Waals surface area contributed by atoms with Crippen molar-refractivity contribution in [1.29, 1.82) is 0 Å². The van der Waals surface area contributed by atoms with Gasteiger partial charge in [-0.2, -0.15) is 0 Å². The molecule has 1 unspecified atom stereocenters. The highest BCUT2D eigenvalue weighted by Crippen LogP contribution is 2.24. The predicted octanol–water partition coefficient (Wildman–Crippen LogP) is 1.07. The molecule has 0 amide bonds. The number of carbonyl (C=O) groups excluding carboxylic acids is 1. The van der Waals surface area contributed by atoms with Crippen LogP contribution in [0.2, 0.25) is 5.02 Å². The Bertz CT molecular complexity index is 642.